The molecule has 0 radical (unpaired) electrons. The number of hydrogen-bond donors (Lipinski definition) is 1. The summed E-state index contributed by atoms with van der Waals surface area (Å²) in [6.45, 7) is 0. The van der Waals surface area contributed by atoms with Crippen LogP contribution in [0.4, 0.5) is 0 Å². The Morgan fingerprint density at radius 2 is 1.96 bits per heavy atom. The van der Waals surface area contributed by atoms with E-state index in [2.05, 4.69) is 17.1 Å². The quantitative estimate of drug-likeness (QED) is 0.527. The second-order valence-corrected chi connectivity index (χ2v) is 7.33. The van der Waals surface area contributed by atoms with Gasteiger partial charge in [-0.15, -0.1) is 11.3 Å². The van der Waals surface area contributed by atoms with Crippen LogP contribution < -0.4 is 4.74 Å². The number of fused-ring (bicyclic) bond motifs is 1. The van der Waals surface area contributed by atoms with Crippen molar-refractivity contribution in [3.8, 4) is 5.75 Å². The molecule has 0 saturated heterocycles. The van der Waals surface area contributed by atoms with Gasteiger partial charge in [0.15, 0.2) is 0 Å². The van der Waals surface area contributed by atoms with Crippen molar-refractivity contribution in [1.29, 1.82) is 0 Å². The van der Waals surface area contributed by atoms with Crippen molar-refractivity contribution in [2.24, 2.45) is 0 Å². The molecule has 0 saturated carbocycles. The summed E-state index contributed by atoms with van der Waals surface area (Å²) in [4.78, 5) is 19.5. The van der Waals surface area contributed by atoms with Crippen LogP contribution in [0.1, 0.15) is 26.8 Å². The van der Waals surface area contributed by atoms with Gasteiger partial charge >= 0.3 is 0 Å². The average Bonchev–Trinajstić information content (AvgIpc) is 3.38. The molecule has 2 heterocycles. The van der Waals surface area contributed by atoms with Crippen LogP contribution in [0.5, 0.6) is 5.75 Å². The summed E-state index contributed by atoms with van der Waals surface area (Å²) in [5.74, 6) is 0.631. The van der Waals surface area contributed by atoms with Gasteiger partial charge in [0.25, 0.3) is 5.91 Å². The van der Waals surface area contributed by atoms with Crippen molar-refractivity contribution in [1.82, 2.24) is 9.88 Å². The minimum atomic E-state index is -0.167. The number of carbonyl (C=O) groups is 1. The third kappa shape index (κ3) is 3.22. The van der Waals surface area contributed by atoms with E-state index in [1.54, 1.807) is 29.4 Å². The molecule has 1 N–H and O–H groups in total. The van der Waals surface area contributed by atoms with Crippen LogP contribution in [0.3, 0.4) is 0 Å². The van der Waals surface area contributed by atoms with E-state index in [1.807, 2.05) is 61.1 Å². The summed E-state index contributed by atoms with van der Waals surface area (Å²) in [7, 11) is 3.46. The van der Waals surface area contributed by atoms with Crippen molar-refractivity contribution in [3.63, 3.8) is 0 Å². The number of ether oxygens (including phenoxy) is 1. The van der Waals surface area contributed by atoms with Gasteiger partial charge in [-0.2, -0.15) is 0 Å². The maximum absolute atomic E-state index is 13.2. The third-order valence-electron chi connectivity index (χ3n) is 4.75. The number of carbonyl (C=O) groups excluding carboxylic acids is 1. The lowest BCUT2D eigenvalue weighted by molar-refractivity contribution is 0.0757. The normalized spacial score (nSPS) is 12.1. The van der Waals surface area contributed by atoms with Gasteiger partial charge in [0, 0.05) is 40.2 Å². The zero-order valence-corrected chi connectivity index (χ0v) is 16.0. The van der Waals surface area contributed by atoms with Crippen LogP contribution in [-0.4, -0.2) is 29.9 Å². The molecule has 2 aromatic carbocycles. The van der Waals surface area contributed by atoms with Crippen LogP contribution in [0.2, 0.25) is 0 Å². The van der Waals surface area contributed by atoms with E-state index in [4.69, 9.17) is 4.74 Å². The van der Waals surface area contributed by atoms with Gasteiger partial charge in [-0.25, -0.2) is 0 Å². The molecular formula is C22H20N2O2S. The summed E-state index contributed by atoms with van der Waals surface area (Å²) in [5, 5.41) is 3.17. The molecule has 0 aliphatic heterocycles. The van der Waals surface area contributed by atoms with Crippen LogP contribution in [0.25, 0.3) is 10.9 Å². The summed E-state index contributed by atoms with van der Waals surface area (Å²) in [6, 6.07) is 19.4. The molecule has 2 aromatic heterocycles. The zero-order valence-electron chi connectivity index (χ0n) is 15.2. The maximum Gasteiger partial charge on any atom is 0.254 e. The van der Waals surface area contributed by atoms with Gasteiger partial charge in [0.05, 0.1) is 13.2 Å². The summed E-state index contributed by atoms with van der Waals surface area (Å²) < 4.78 is 5.27. The van der Waals surface area contributed by atoms with E-state index in [1.165, 1.54) is 0 Å². The predicted molar refractivity (Wildman–Crippen MR) is 110 cm³/mol. The molecule has 27 heavy (non-hydrogen) atoms. The molecular weight excluding hydrogens is 356 g/mol. The largest absolute Gasteiger partial charge is 0.497 e. The molecule has 0 spiro atoms. The lowest BCUT2D eigenvalue weighted by atomic mass is 10.0. The third-order valence-corrected chi connectivity index (χ3v) is 5.68. The number of nitrogens with zero attached hydrogens (tertiary/aromatic N) is 1. The number of hydrogen-bond acceptors (Lipinski definition) is 3. The highest BCUT2D eigenvalue weighted by molar-refractivity contribution is 7.10. The Bertz CT molecular complexity index is 1070. The van der Waals surface area contributed by atoms with Gasteiger partial charge in [-0.1, -0.05) is 30.3 Å². The molecule has 0 unspecified atom stereocenters. The SMILES string of the molecule is COc1cccc(C(=O)N(C)[C@H](c2cccs2)c2c[nH]c3ccccc23)c1. The smallest absolute Gasteiger partial charge is 0.254 e. The fourth-order valence-electron chi connectivity index (χ4n) is 3.40. The number of thiophene rings is 1. The van der Waals surface area contributed by atoms with Crippen molar-refractivity contribution >= 4 is 28.1 Å². The first kappa shape index (κ1) is 17.4. The van der Waals surface area contributed by atoms with Gasteiger partial charge in [-0.3, -0.25) is 4.79 Å². The van der Waals surface area contributed by atoms with E-state index in [0.29, 0.717) is 11.3 Å². The zero-order chi connectivity index (χ0) is 18.8. The minimum Gasteiger partial charge on any atom is -0.497 e. The summed E-state index contributed by atoms with van der Waals surface area (Å²) in [6.07, 6.45) is 2.00. The van der Waals surface area contributed by atoms with Gasteiger partial charge in [0.2, 0.25) is 0 Å². The Morgan fingerprint density at radius 1 is 1.11 bits per heavy atom. The van der Waals surface area contributed by atoms with E-state index in [-0.39, 0.29) is 11.9 Å². The first-order chi connectivity index (χ1) is 13.2. The van der Waals surface area contributed by atoms with Crippen molar-refractivity contribution in [2.45, 2.75) is 6.04 Å². The number of benzene rings is 2. The van der Waals surface area contributed by atoms with Crippen LogP contribution in [-0.2, 0) is 0 Å². The van der Waals surface area contributed by atoms with Crippen molar-refractivity contribution in [3.05, 3.63) is 88.2 Å². The van der Waals surface area contributed by atoms with Gasteiger partial charge in [0.1, 0.15) is 5.75 Å². The lowest BCUT2D eigenvalue weighted by Gasteiger charge is -2.28. The van der Waals surface area contributed by atoms with Gasteiger partial charge < -0.3 is 14.6 Å². The lowest BCUT2D eigenvalue weighted by Crippen LogP contribution is -2.31. The monoisotopic (exact) mass is 376 g/mol. The van der Waals surface area contributed by atoms with Crippen LogP contribution >= 0.6 is 11.3 Å². The number of para-hydroxylation sites is 1. The van der Waals surface area contributed by atoms with Gasteiger partial charge in [-0.05, 0) is 35.7 Å². The first-order valence-electron chi connectivity index (χ1n) is 8.69. The molecule has 1 atom stereocenters. The number of nitrogens with one attached hydrogen (secondary N) is 1. The molecule has 5 heteroatoms. The number of methoxy groups -OCH3 is 1. The second kappa shape index (κ2) is 7.29. The number of aromatic nitrogens is 1. The van der Waals surface area contributed by atoms with Crippen molar-refractivity contribution in [2.75, 3.05) is 14.2 Å². The first-order valence-corrected chi connectivity index (χ1v) is 9.57. The molecule has 136 valence electrons. The van der Waals surface area contributed by atoms with Crippen LogP contribution in [0, 0.1) is 0 Å². The van der Waals surface area contributed by atoms with E-state index in [0.717, 1.165) is 21.3 Å². The minimum absolute atomic E-state index is 0.0439. The highest BCUT2D eigenvalue weighted by Crippen LogP contribution is 2.36. The fraction of sp³-hybridized carbons (Fsp3) is 0.136. The molecule has 4 aromatic rings. The number of amides is 1. The van der Waals surface area contributed by atoms with Crippen molar-refractivity contribution < 1.29 is 9.53 Å². The van der Waals surface area contributed by atoms with E-state index < -0.39 is 0 Å². The maximum atomic E-state index is 13.2. The average molecular weight is 376 g/mol. The van der Waals surface area contributed by atoms with Crippen LogP contribution in [0.15, 0.2) is 72.2 Å². The van der Waals surface area contributed by atoms with E-state index in [9.17, 15) is 4.79 Å². The second-order valence-electron chi connectivity index (χ2n) is 6.36. The molecule has 4 rings (SSSR count). The summed E-state index contributed by atoms with van der Waals surface area (Å²) in [5.41, 5.74) is 2.77. The Morgan fingerprint density at radius 3 is 2.74 bits per heavy atom. The molecule has 0 aliphatic rings. The topological polar surface area (TPSA) is 45.3 Å². The Balaban J connectivity index is 1.78. The number of H-pyrrole nitrogens is 1. The highest BCUT2D eigenvalue weighted by atomic mass is 32.1. The number of rotatable bonds is 5. The molecule has 0 bridgehead atoms. The Kier molecular flexibility index (Phi) is 4.69. The molecule has 0 fully saturated rings. The summed E-state index contributed by atoms with van der Waals surface area (Å²) >= 11 is 1.65. The molecule has 1 amide bonds. The highest BCUT2D eigenvalue weighted by Gasteiger charge is 2.27. The van der Waals surface area contributed by atoms with E-state index >= 15 is 0 Å². The molecule has 0 aliphatic carbocycles. The Labute approximate surface area is 162 Å². The molecule has 4 nitrogen and oxygen atoms in total. The number of aromatic amines is 1. The Hall–Kier alpha value is -3.05. The standard InChI is InChI=1S/C22H20N2O2S/c1-24(22(25)15-7-5-8-16(13-15)26-2)21(20-11-6-12-27-20)18-14-23-19-10-4-3-9-17(18)19/h3-14,21,23H,1-2H3/t21-/m0/s1. The predicted octanol–water partition coefficient (Wildman–Crippen LogP) is 5.10. The fourth-order valence-corrected chi connectivity index (χ4v) is 4.28.